The van der Waals surface area contributed by atoms with Gasteiger partial charge >= 0.3 is 0 Å². The van der Waals surface area contributed by atoms with Gasteiger partial charge in [-0.25, -0.2) is 8.42 Å². The predicted octanol–water partition coefficient (Wildman–Crippen LogP) is 4.31. The first kappa shape index (κ1) is 23.3. The number of nitrogens with one attached hydrogen (secondary N) is 1. The molecule has 1 aromatic heterocycles. The second-order valence-electron chi connectivity index (χ2n) is 6.49. The summed E-state index contributed by atoms with van der Waals surface area (Å²) in [6.07, 6.45) is 0.998. The summed E-state index contributed by atoms with van der Waals surface area (Å²) in [5.74, 6) is 0.122. The van der Waals surface area contributed by atoms with Crippen LogP contribution in [0.1, 0.15) is 6.92 Å². The Bertz CT molecular complexity index is 1180. The number of halogens is 2. The van der Waals surface area contributed by atoms with Crippen molar-refractivity contribution in [1.29, 1.82) is 0 Å². The van der Waals surface area contributed by atoms with Gasteiger partial charge < -0.3 is 4.74 Å². The third-order valence-corrected chi connectivity index (χ3v) is 6.75. The second kappa shape index (κ2) is 9.39. The maximum absolute atomic E-state index is 12.8. The average molecular weight is 501 g/mol. The van der Waals surface area contributed by atoms with Crippen molar-refractivity contribution in [2.75, 3.05) is 23.0 Å². The number of anilines is 2. The molecule has 164 valence electrons. The van der Waals surface area contributed by atoms with Gasteiger partial charge in [-0.3, -0.25) is 14.4 Å². The number of methoxy groups -OCH3 is 1. The SMILES string of the molecule is COc1ccc(-c2nnc(NC(=O)C(C)N(c3cc(Cl)cc(Cl)c3)S(C)(=O)=O)s2)cc1. The Hall–Kier alpha value is -2.40. The molecule has 0 bridgehead atoms. The van der Waals surface area contributed by atoms with Gasteiger partial charge in [0.05, 0.1) is 19.1 Å². The van der Waals surface area contributed by atoms with Crippen LogP contribution in [0, 0.1) is 0 Å². The topological polar surface area (TPSA) is 101 Å². The first-order valence-electron chi connectivity index (χ1n) is 8.83. The fourth-order valence-corrected chi connectivity index (χ4v) is 5.23. The predicted molar refractivity (Wildman–Crippen MR) is 124 cm³/mol. The van der Waals surface area contributed by atoms with Crippen LogP contribution in [0.2, 0.25) is 10.0 Å². The first-order chi connectivity index (χ1) is 14.6. The Balaban J connectivity index is 1.82. The summed E-state index contributed by atoms with van der Waals surface area (Å²) in [6.45, 7) is 1.45. The third-order valence-electron chi connectivity index (χ3n) is 4.18. The number of rotatable bonds is 7. The van der Waals surface area contributed by atoms with Gasteiger partial charge in [0.1, 0.15) is 16.8 Å². The highest BCUT2D eigenvalue weighted by molar-refractivity contribution is 7.92. The highest BCUT2D eigenvalue weighted by atomic mass is 35.5. The van der Waals surface area contributed by atoms with E-state index in [9.17, 15) is 13.2 Å². The van der Waals surface area contributed by atoms with Crippen LogP contribution in [0.15, 0.2) is 42.5 Å². The summed E-state index contributed by atoms with van der Waals surface area (Å²) >= 11 is 13.2. The van der Waals surface area contributed by atoms with E-state index in [2.05, 4.69) is 15.5 Å². The van der Waals surface area contributed by atoms with E-state index in [1.165, 1.54) is 25.1 Å². The lowest BCUT2D eigenvalue weighted by Gasteiger charge is -2.28. The summed E-state index contributed by atoms with van der Waals surface area (Å²) in [5, 5.41) is 12.0. The number of benzene rings is 2. The molecule has 0 saturated heterocycles. The molecule has 31 heavy (non-hydrogen) atoms. The molecule has 1 amide bonds. The monoisotopic (exact) mass is 500 g/mol. The second-order valence-corrected chi connectivity index (χ2v) is 10.2. The van der Waals surface area contributed by atoms with Crippen molar-refractivity contribution in [1.82, 2.24) is 10.2 Å². The molecule has 0 aliphatic rings. The summed E-state index contributed by atoms with van der Waals surface area (Å²) < 4.78 is 30.9. The molecule has 12 heteroatoms. The van der Waals surface area contributed by atoms with Crippen molar-refractivity contribution in [3.63, 3.8) is 0 Å². The number of hydrogen-bond acceptors (Lipinski definition) is 7. The molecule has 0 saturated carbocycles. The summed E-state index contributed by atoms with van der Waals surface area (Å²) in [5.41, 5.74) is 0.983. The largest absolute Gasteiger partial charge is 0.497 e. The van der Waals surface area contributed by atoms with E-state index in [1.807, 2.05) is 12.1 Å². The Labute approximate surface area is 193 Å². The molecule has 3 aromatic rings. The Morgan fingerprint density at radius 1 is 1.13 bits per heavy atom. The minimum atomic E-state index is -3.82. The number of amides is 1. The van der Waals surface area contributed by atoms with E-state index in [1.54, 1.807) is 19.2 Å². The van der Waals surface area contributed by atoms with Crippen LogP contribution >= 0.6 is 34.5 Å². The molecule has 3 rings (SSSR count). The number of sulfonamides is 1. The molecule has 0 fully saturated rings. The third kappa shape index (κ3) is 5.65. The van der Waals surface area contributed by atoms with E-state index in [-0.39, 0.29) is 20.9 Å². The molecule has 0 aliphatic heterocycles. The molecule has 1 N–H and O–H groups in total. The molecule has 1 atom stereocenters. The highest BCUT2D eigenvalue weighted by Gasteiger charge is 2.30. The Kier molecular flexibility index (Phi) is 7.05. The van der Waals surface area contributed by atoms with E-state index >= 15 is 0 Å². The maximum Gasteiger partial charge on any atom is 0.249 e. The van der Waals surface area contributed by atoms with Crippen molar-refractivity contribution in [2.45, 2.75) is 13.0 Å². The van der Waals surface area contributed by atoms with Crippen LogP contribution in [0.4, 0.5) is 10.8 Å². The van der Waals surface area contributed by atoms with Crippen molar-refractivity contribution in [3.8, 4) is 16.3 Å². The molecular weight excluding hydrogens is 483 g/mol. The highest BCUT2D eigenvalue weighted by Crippen LogP contribution is 2.30. The number of nitrogens with zero attached hydrogens (tertiary/aromatic N) is 3. The zero-order chi connectivity index (χ0) is 22.8. The molecule has 0 spiro atoms. The summed E-state index contributed by atoms with van der Waals surface area (Å²) in [7, 11) is -2.25. The number of aromatic nitrogens is 2. The number of hydrogen-bond donors (Lipinski definition) is 1. The molecule has 0 radical (unpaired) electrons. The van der Waals surface area contributed by atoms with E-state index in [4.69, 9.17) is 27.9 Å². The van der Waals surface area contributed by atoms with Gasteiger partial charge in [-0.15, -0.1) is 10.2 Å². The van der Waals surface area contributed by atoms with Gasteiger partial charge in [-0.1, -0.05) is 34.5 Å². The Morgan fingerprint density at radius 3 is 2.29 bits per heavy atom. The molecule has 0 aliphatic carbocycles. The molecule has 2 aromatic carbocycles. The fourth-order valence-electron chi connectivity index (χ4n) is 2.81. The van der Waals surface area contributed by atoms with Crippen LogP contribution in [0.25, 0.3) is 10.6 Å². The van der Waals surface area contributed by atoms with Crippen LogP contribution in [0.3, 0.4) is 0 Å². The standard InChI is InChI=1S/C19H18Cl2N4O4S2/c1-11(25(31(3,27)28)15-9-13(20)8-14(21)10-15)17(26)22-19-24-23-18(30-19)12-4-6-16(29-2)7-5-12/h4-11H,1-3H3,(H,22,24,26). The molecular formula is C19H18Cl2N4O4S2. The fraction of sp³-hybridized carbons (Fsp3) is 0.211. The van der Waals surface area contributed by atoms with E-state index in [0.717, 1.165) is 27.5 Å². The average Bonchev–Trinajstić information content (AvgIpc) is 3.14. The van der Waals surface area contributed by atoms with Gasteiger partial charge in [0.25, 0.3) is 0 Å². The van der Waals surface area contributed by atoms with E-state index in [0.29, 0.717) is 10.8 Å². The minimum absolute atomic E-state index is 0.179. The van der Waals surface area contributed by atoms with Crippen molar-refractivity contribution in [3.05, 3.63) is 52.5 Å². The van der Waals surface area contributed by atoms with Gasteiger partial charge in [-0.2, -0.15) is 0 Å². The lowest BCUT2D eigenvalue weighted by molar-refractivity contribution is -0.116. The van der Waals surface area contributed by atoms with Gasteiger partial charge in [0, 0.05) is 15.6 Å². The molecule has 8 nitrogen and oxygen atoms in total. The molecule has 1 heterocycles. The summed E-state index contributed by atoms with van der Waals surface area (Å²) in [4.78, 5) is 12.8. The molecule has 1 unspecified atom stereocenters. The van der Waals surface area contributed by atoms with Crippen LogP contribution in [-0.4, -0.2) is 43.9 Å². The minimum Gasteiger partial charge on any atom is -0.497 e. The number of carbonyl (C=O) groups excluding carboxylic acids is 1. The number of ether oxygens (including phenoxy) is 1. The van der Waals surface area contributed by atoms with Crippen molar-refractivity contribution >= 4 is 61.3 Å². The maximum atomic E-state index is 12.8. The lowest BCUT2D eigenvalue weighted by atomic mass is 10.2. The Morgan fingerprint density at radius 2 is 1.74 bits per heavy atom. The van der Waals surface area contributed by atoms with Crippen LogP contribution in [-0.2, 0) is 14.8 Å². The normalized spacial score (nSPS) is 12.3. The number of carbonyl (C=O) groups is 1. The zero-order valence-electron chi connectivity index (χ0n) is 16.7. The van der Waals surface area contributed by atoms with Crippen LogP contribution in [0.5, 0.6) is 5.75 Å². The zero-order valence-corrected chi connectivity index (χ0v) is 19.8. The quantitative estimate of drug-likeness (QED) is 0.518. The smallest absolute Gasteiger partial charge is 0.249 e. The van der Waals surface area contributed by atoms with Gasteiger partial charge in [0.15, 0.2) is 0 Å². The van der Waals surface area contributed by atoms with Crippen molar-refractivity contribution in [2.24, 2.45) is 0 Å². The van der Waals surface area contributed by atoms with E-state index < -0.39 is 22.0 Å². The van der Waals surface area contributed by atoms with Crippen LogP contribution < -0.4 is 14.4 Å². The van der Waals surface area contributed by atoms with Gasteiger partial charge in [-0.05, 0) is 49.4 Å². The first-order valence-corrected chi connectivity index (χ1v) is 12.2. The van der Waals surface area contributed by atoms with Crippen molar-refractivity contribution < 1.29 is 17.9 Å². The van der Waals surface area contributed by atoms with Gasteiger partial charge in [0.2, 0.25) is 21.1 Å². The summed E-state index contributed by atoms with van der Waals surface area (Å²) in [6, 6.07) is 10.4. The lowest BCUT2D eigenvalue weighted by Crippen LogP contribution is -2.45.